The van der Waals surface area contributed by atoms with Gasteiger partial charge in [-0.3, -0.25) is 9.36 Å². The third-order valence-corrected chi connectivity index (χ3v) is 3.93. The molecule has 0 spiro atoms. The standard InChI is InChI=1S/C11H15O4P/c1-4-14-16(3,13)11-8-6-5-7-10(11)15-9(2)12/h5-8H,4H2,1-3H3. The number of carbonyl (C=O) groups is 1. The quantitative estimate of drug-likeness (QED) is 0.461. The fourth-order valence-electron chi connectivity index (χ4n) is 1.35. The third-order valence-electron chi connectivity index (χ3n) is 1.93. The van der Waals surface area contributed by atoms with E-state index in [-0.39, 0.29) is 0 Å². The molecule has 0 aliphatic rings. The molecule has 1 aromatic rings. The van der Waals surface area contributed by atoms with Gasteiger partial charge in [-0.15, -0.1) is 0 Å². The summed E-state index contributed by atoms with van der Waals surface area (Å²) in [5, 5.41) is 0.437. The molecule has 0 radical (unpaired) electrons. The Balaban J connectivity index is 3.12. The highest BCUT2D eigenvalue weighted by Crippen LogP contribution is 2.43. The van der Waals surface area contributed by atoms with Crippen LogP contribution >= 0.6 is 7.37 Å². The number of hydrogen-bond acceptors (Lipinski definition) is 4. The van der Waals surface area contributed by atoms with Gasteiger partial charge in [-0.2, -0.15) is 0 Å². The summed E-state index contributed by atoms with van der Waals surface area (Å²) in [5.41, 5.74) is 0. The Bertz CT molecular complexity index is 428. The van der Waals surface area contributed by atoms with Gasteiger partial charge in [0.1, 0.15) is 5.75 Å². The number of para-hydroxylation sites is 1. The second-order valence-corrected chi connectivity index (χ2v) is 5.76. The molecule has 4 nitrogen and oxygen atoms in total. The van der Waals surface area contributed by atoms with E-state index in [4.69, 9.17) is 9.26 Å². The predicted octanol–water partition coefficient (Wildman–Crippen LogP) is 2.18. The molecule has 0 saturated carbocycles. The molecule has 88 valence electrons. The van der Waals surface area contributed by atoms with Gasteiger partial charge in [0.15, 0.2) is 0 Å². The fraction of sp³-hybridized carbons (Fsp3) is 0.364. The third kappa shape index (κ3) is 3.19. The Hall–Kier alpha value is -1.12. The maximum absolute atomic E-state index is 12.2. The summed E-state index contributed by atoms with van der Waals surface area (Å²) in [5.74, 6) is -0.141. The topological polar surface area (TPSA) is 52.6 Å². The average molecular weight is 242 g/mol. The summed E-state index contributed by atoms with van der Waals surface area (Å²) in [6.45, 7) is 4.93. The van der Waals surface area contributed by atoms with Crippen molar-refractivity contribution in [3.63, 3.8) is 0 Å². The van der Waals surface area contributed by atoms with Crippen molar-refractivity contribution >= 4 is 18.6 Å². The summed E-state index contributed by atoms with van der Waals surface area (Å²) in [6.07, 6.45) is 0. The van der Waals surface area contributed by atoms with Crippen LogP contribution in [0.15, 0.2) is 24.3 Å². The Morgan fingerprint density at radius 2 is 2.00 bits per heavy atom. The average Bonchev–Trinajstić information content (AvgIpc) is 2.17. The van der Waals surface area contributed by atoms with Crippen LogP contribution in [0, 0.1) is 0 Å². The molecule has 0 aromatic heterocycles. The van der Waals surface area contributed by atoms with Crippen LogP contribution in [0.25, 0.3) is 0 Å². The van der Waals surface area contributed by atoms with Gasteiger partial charge in [0.25, 0.3) is 0 Å². The molecular formula is C11H15O4P. The van der Waals surface area contributed by atoms with Gasteiger partial charge < -0.3 is 9.26 Å². The highest BCUT2D eigenvalue weighted by Gasteiger charge is 2.23. The molecule has 1 aromatic carbocycles. The van der Waals surface area contributed by atoms with E-state index in [9.17, 15) is 9.36 Å². The molecule has 1 atom stereocenters. The van der Waals surface area contributed by atoms with E-state index in [1.807, 2.05) is 0 Å². The van der Waals surface area contributed by atoms with Gasteiger partial charge in [-0.25, -0.2) is 0 Å². The van der Waals surface area contributed by atoms with Crippen molar-refractivity contribution in [3.8, 4) is 5.75 Å². The lowest BCUT2D eigenvalue weighted by Crippen LogP contribution is -2.14. The highest BCUT2D eigenvalue weighted by molar-refractivity contribution is 7.66. The van der Waals surface area contributed by atoms with Crippen LogP contribution in [0.2, 0.25) is 0 Å². The number of carbonyl (C=O) groups excluding carboxylic acids is 1. The van der Waals surface area contributed by atoms with Gasteiger partial charge in [0, 0.05) is 13.6 Å². The fourth-order valence-corrected chi connectivity index (χ4v) is 2.86. The van der Waals surface area contributed by atoms with Crippen LogP contribution in [0.5, 0.6) is 5.75 Å². The number of esters is 1. The zero-order valence-corrected chi connectivity index (χ0v) is 10.5. The van der Waals surface area contributed by atoms with Crippen LogP contribution in [0.1, 0.15) is 13.8 Å². The lowest BCUT2D eigenvalue weighted by molar-refractivity contribution is -0.131. The van der Waals surface area contributed by atoms with Crippen LogP contribution in [0.3, 0.4) is 0 Å². The zero-order valence-electron chi connectivity index (χ0n) is 9.60. The van der Waals surface area contributed by atoms with Crippen molar-refractivity contribution in [1.29, 1.82) is 0 Å². The molecule has 1 rings (SSSR count). The van der Waals surface area contributed by atoms with Gasteiger partial charge in [-0.05, 0) is 19.1 Å². The van der Waals surface area contributed by atoms with Gasteiger partial charge in [0.2, 0.25) is 7.37 Å². The van der Waals surface area contributed by atoms with E-state index >= 15 is 0 Å². The first-order valence-electron chi connectivity index (χ1n) is 4.97. The van der Waals surface area contributed by atoms with Gasteiger partial charge >= 0.3 is 5.97 Å². The molecule has 16 heavy (non-hydrogen) atoms. The molecular weight excluding hydrogens is 227 g/mol. The highest BCUT2D eigenvalue weighted by atomic mass is 31.2. The summed E-state index contributed by atoms with van der Waals surface area (Å²) in [6, 6.07) is 6.70. The monoisotopic (exact) mass is 242 g/mol. The zero-order chi connectivity index (χ0) is 12.2. The second kappa shape index (κ2) is 5.28. The molecule has 0 bridgehead atoms. The summed E-state index contributed by atoms with van der Waals surface area (Å²) in [7, 11) is -2.92. The summed E-state index contributed by atoms with van der Waals surface area (Å²) < 4.78 is 22.4. The largest absolute Gasteiger partial charge is 0.426 e. The predicted molar refractivity (Wildman–Crippen MR) is 62.5 cm³/mol. The van der Waals surface area contributed by atoms with E-state index in [0.717, 1.165) is 0 Å². The maximum atomic E-state index is 12.2. The van der Waals surface area contributed by atoms with Crippen molar-refractivity contribution in [2.75, 3.05) is 13.3 Å². The van der Waals surface area contributed by atoms with Crippen LogP contribution < -0.4 is 10.0 Å². The van der Waals surface area contributed by atoms with Gasteiger partial charge in [-0.1, -0.05) is 12.1 Å². The Kier molecular flexibility index (Phi) is 4.27. The van der Waals surface area contributed by atoms with Crippen molar-refractivity contribution < 1.29 is 18.6 Å². The van der Waals surface area contributed by atoms with Gasteiger partial charge in [0.05, 0.1) is 11.9 Å². The van der Waals surface area contributed by atoms with Crippen molar-refractivity contribution in [1.82, 2.24) is 0 Å². The van der Waals surface area contributed by atoms with E-state index in [2.05, 4.69) is 0 Å². The molecule has 1 unspecified atom stereocenters. The first-order valence-corrected chi connectivity index (χ1v) is 7.04. The molecule has 5 heteroatoms. The maximum Gasteiger partial charge on any atom is 0.308 e. The van der Waals surface area contributed by atoms with Crippen molar-refractivity contribution in [2.45, 2.75) is 13.8 Å². The minimum atomic E-state index is -2.92. The van der Waals surface area contributed by atoms with Crippen LogP contribution in [-0.2, 0) is 13.9 Å². The minimum absolute atomic E-state index is 0.300. The van der Waals surface area contributed by atoms with E-state index < -0.39 is 13.3 Å². The molecule has 0 aliphatic heterocycles. The molecule has 0 fully saturated rings. The molecule has 0 saturated heterocycles. The summed E-state index contributed by atoms with van der Waals surface area (Å²) >= 11 is 0. The molecule has 0 aliphatic carbocycles. The van der Waals surface area contributed by atoms with Crippen LogP contribution in [-0.4, -0.2) is 19.2 Å². The van der Waals surface area contributed by atoms with E-state index in [1.54, 1.807) is 31.2 Å². The first kappa shape index (κ1) is 12.9. The Labute approximate surface area is 95.0 Å². The normalized spacial score (nSPS) is 14.2. The first-order chi connectivity index (χ1) is 7.47. The lowest BCUT2D eigenvalue weighted by Gasteiger charge is -2.15. The SMILES string of the molecule is CCOP(C)(=O)c1ccccc1OC(C)=O. The van der Waals surface area contributed by atoms with Crippen molar-refractivity contribution in [2.24, 2.45) is 0 Å². The molecule has 0 amide bonds. The smallest absolute Gasteiger partial charge is 0.308 e. The van der Waals surface area contributed by atoms with E-state index in [0.29, 0.717) is 17.7 Å². The number of hydrogen-bond donors (Lipinski definition) is 0. The Morgan fingerprint density at radius 3 is 2.56 bits per heavy atom. The summed E-state index contributed by atoms with van der Waals surface area (Å²) in [4.78, 5) is 10.9. The lowest BCUT2D eigenvalue weighted by atomic mass is 10.3. The van der Waals surface area contributed by atoms with Crippen molar-refractivity contribution in [3.05, 3.63) is 24.3 Å². The number of ether oxygens (including phenoxy) is 1. The Morgan fingerprint density at radius 1 is 1.38 bits per heavy atom. The second-order valence-electron chi connectivity index (χ2n) is 3.33. The number of rotatable bonds is 4. The van der Waals surface area contributed by atoms with Crippen LogP contribution in [0.4, 0.5) is 0 Å². The minimum Gasteiger partial charge on any atom is -0.426 e. The number of benzene rings is 1. The molecule has 0 N–H and O–H groups in total. The van der Waals surface area contributed by atoms with E-state index in [1.165, 1.54) is 13.6 Å². The molecule has 0 heterocycles.